The molecule has 3 aromatic rings. The van der Waals surface area contributed by atoms with Crippen molar-refractivity contribution in [3.05, 3.63) is 70.8 Å². The third-order valence-corrected chi connectivity index (χ3v) is 8.79. The SMILES string of the molecule is COC1CC(c2cccc(N3Cc4c(OC(F)F)cc(CNC5(C)CCC5)cc4C3=O)c2)(c2nncn2C)C1. The van der Waals surface area contributed by atoms with Crippen LogP contribution in [0.4, 0.5) is 14.5 Å². The van der Waals surface area contributed by atoms with Crippen molar-refractivity contribution in [2.45, 2.75) is 75.8 Å². The summed E-state index contributed by atoms with van der Waals surface area (Å²) >= 11 is 0. The fourth-order valence-corrected chi connectivity index (χ4v) is 6.26. The molecule has 1 aliphatic heterocycles. The van der Waals surface area contributed by atoms with Crippen LogP contribution in [0.25, 0.3) is 0 Å². The van der Waals surface area contributed by atoms with Gasteiger partial charge >= 0.3 is 6.61 Å². The maximum absolute atomic E-state index is 13.7. The maximum atomic E-state index is 13.7. The number of anilines is 1. The Morgan fingerprint density at radius 2 is 2.00 bits per heavy atom. The molecule has 2 heterocycles. The Hall–Kier alpha value is -3.37. The topological polar surface area (TPSA) is 81.5 Å². The fraction of sp³-hybridized carbons (Fsp3) is 0.483. The molecule has 10 heteroatoms. The number of ether oxygens (including phenoxy) is 2. The summed E-state index contributed by atoms with van der Waals surface area (Å²) < 4.78 is 39.2. The first-order valence-corrected chi connectivity index (χ1v) is 13.4. The monoisotopic (exact) mass is 537 g/mol. The van der Waals surface area contributed by atoms with E-state index in [4.69, 9.17) is 9.47 Å². The maximum Gasteiger partial charge on any atom is 0.387 e. The molecule has 0 atom stereocenters. The Labute approximate surface area is 226 Å². The van der Waals surface area contributed by atoms with Gasteiger partial charge < -0.3 is 24.3 Å². The molecule has 0 radical (unpaired) electrons. The molecule has 0 unspecified atom stereocenters. The highest BCUT2D eigenvalue weighted by Crippen LogP contribution is 2.50. The smallest absolute Gasteiger partial charge is 0.387 e. The van der Waals surface area contributed by atoms with Crippen LogP contribution in [0, 0.1) is 0 Å². The molecule has 2 fully saturated rings. The summed E-state index contributed by atoms with van der Waals surface area (Å²) in [6, 6.07) is 11.3. The minimum absolute atomic E-state index is 0.0429. The number of carbonyl (C=O) groups is 1. The van der Waals surface area contributed by atoms with Crippen LogP contribution in [-0.2, 0) is 30.3 Å². The van der Waals surface area contributed by atoms with Crippen molar-refractivity contribution in [3.8, 4) is 5.75 Å². The molecule has 0 saturated heterocycles. The summed E-state index contributed by atoms with van der Waals surface area (Å²) in [5.41, 5.74) is 2.99. The van der Waals surface area contributed by atoms with Crippen LogP contribution in [0.2, 0.25) is 0 Å². The van der Waals surface area contributed by atoms with E-state index in [-0.39, 0.29) is 29.8 Å². The van der Waals surface area contributed by atoms with Gasteiger partial charge in [-0.25, -0.2) is 0 Å². The highest BCUT2D eigenvalue weighted by Gasteiger charge is 2.50. The lowest BCUT2D eigenvalue weighted by molar-refractivity contribution is -0.0504. The molecule has 0 bridgehead atoms. The predicted molar refractivity (Wildman–Crippen MR) is 141 cm³/mol. The number of benzene rings is 2. The van der Waals surface area contributed by atoms with Gasteiger partial charge in [0.05, 0.1) is 18.1 Å². The normalized spacial score (nSPS) is 23.5. The molecule has 2 aromatic carbocycles. The van der Waals surface area contributed by atoms with Crippen LogP contribution in [-0.4, -0.2) is 46.0 Å². The van der Waals surface area contributed by atoms with Crippen LogP contribution >= 0.6 is 0 Å². The van der Waals surface area contributed by atoms with Crippen LogP contribution in [0.1, 0.15) is 71.9 Å². The predicted octanol–water partition coefficient (Wildman–Crippen LogP) is 4.70. The van der Waals surface area contributed by atoms with Crippen molar-refractivity contribution < 1.29 is 23.0 Å². The summed E-state index contributed by atoms with van der Waals surface area (Å²) in [5.74, 6) is 0.672. The fourth-order valence-electron chi connectivity index (χ4n) is 6.26. The Morgan fingerprint density at radius 3 is 2.64 bits per heavy atom. The first-order valence-electron chi connectivity index (χ1n) is 13.4. The zero-order chi connectivity index (χ0) is 27.4. The first-order chi connectivity index (χ1) is 18.7. The van der Waals surface area contributed by atoms with Crippen molar-refractivity contribution in [2.75, 3.05) is 12.0 Å². The minimum Gasteiger partial charge on any atom is -0.434 e. The van der Waals surface area contributed by atoms with E-state index in [1.807, 2.05) is 41.9 Å². The molecular weight excluding hydrogens is 504 g/mol. The van der Waals surface area contributed by atoms with E-state index >= 15 is 0 Å². The van der Waals surface area contributed by atoms with Crippen molar-refractivity contribution >= 4 is 11.6 Å². The summed E-state index contributed by atoms with van der Waals surface area (Å²) in [6.07, 6.45) is 6.59. The quantitative estimate of drug-likeness (QED) is 0.426. The minimum atomic E-state index is -2.98. The van der Waals surface area contributed by atoms with Gasteiger partial charge in [-0.15, -0.1) is 10.2 Å². The molecule has 0 spiro atoms. The lowest BCUT2D eigenvalue weighted by atomic mass is 9.62. The molecule has 2 saturated carbocycles. The first kappa shape index (κ1) is 25.9. The number of aromatic nitrogens is 3. The molecule has 1 amide bonds. The molecule has 6 rings (SSSR count). The standard InChI is InChI=1S/C29H33F2N5O3/c1-28(8-5-9-28)32-15-18-10-22-23(24(11-18)39-27(30)31)16-36(25(22)37)20-7-4-6-19(12-20)29(13-21(14-29)38-3)26-34-33-17-35(26)2/h4,6-7,10-12,17,21,27,32H,5,8-9,13-16H2,1-3H3. The van der Waals surface area contributed by atoms with E-state index in [0.29, 0.717) is 23.4 Å². The number of methoxy groups -OCH3 is 1. The second kappa shape index (κ2) is 9.67. The van der Waals surface area contributed by atoms with Gasteiger partial charge in [0.25, 0.3) is 5.91 Å². The van der Waals surface area contributed by atoms with Gasteiger partial charge in [-0.1, -0.05) is 12.1 Å². The van der Waals surface area contributed by atoms with Gasteiger partial charge in [0.2, 0.25) is 0 Å². The Kier molecular flexibility index (Phi) is 6.42. The average molecular weight is 538 g/mol. The van der Waals surface area contributed by atoms with Crippen molar-refractivity contribution in [3.63, 3.8) is 0 Å². The van der Waals surface area contributed by atoms with E-state index in [0.717, 1.165) is 42.6 Å². The van der Waals surface area contributed by atoms with E-state index in [1.165, 1.54) is 6.42 Å². The summed E-state index contributed by atoms with van der Waals surface area (Å²) in [4.78, 5) is 15.3. The molecule has 39 heavy (non-hydrogen) atoms. The molecular formula is C29H33F2N5O3. The number of carbonyl (C=O) groups excluding carboxylic acids is 1. The number of hydrogen-bond acceptors (Lipinski definition) is 6. The average Bonchev–Trinajstić information content (AvgIpc) is 3.45. The second-order valence-corrected chi connectivity index (χ2v) is 11.3. The molecule has 1 aromatic heterocycles. The Balaban J connectivity index is 1.32. The Morgan fingerprint density at radius 1 is 1.21 bits per heavy atom. The summed E-state index contributed by atoms with van der Waals surface area (Å²) in [5, 5.41) is 12.0. The van der Waals surface area contributed by atoms with Crippen molar-refractivity contribution in [1.29, 1.82) is 0 Å². The number of aryl methyl sites for hydroxylation is 1. The third kappa shape index (κ3) is 4.49. The largest absolute Gasteiger partial charge is 0.434 e. The van der Waals surface area contributed by atoms with E-state index in [2.05, 4.69) is 22.4 Å². The zero-order valence-electron chi connectivity index (χ0n) is 22.4. The number of fused-ring (bicyclic) bond motifs is 1. The summed E-state index contributed by atoms with van der Waals surface area (Å²) in [6.45, 7) is -0.187. The van der Waals surface area contributed by atoms with E-state index < -0.39 is 12.0 Å². The highest BCUT2D eigenvalue weighted by molar-refractivity contribution is 6.10. The van der Waals surface area contributed by atoms with E-state index in [1.54, 1.807) is 24.4 Å². The van der Waals surface area contributed by atoms with Crippen LogP contribution < -0.4 is 15.0 Å². The molecule has 206 valence electrons. The number of amides is 1. The van der Waals surface area contributed by atoms with Crippen LogP contribution in [0.5, 0.6) is 5.75 Å². The molecule has 8 nitrogen and oxygen atoms in total. The number of nitrogens with zero attached hydrogens (tertiary/aromatic N) is 4. The van der Waals surface area contributed by atoms with Gasteiger partial charge in [0.15, 0.2) is 0 Å². The van der Waals surface area contributed by atoms with Gasteiger partial charge in [0.1, 0.15) is 17.9 Å². The number of alkyl halides is 2. The van der Waals surface area contributed by atoms with Crippen LogP contribution in [0.3, 0.4) is 0 Å². The third-order valence-electron chi connectivity index (χ3n) is 8.79. The van der Waals surface area contributed by atoms with E-state index in [9.17, 15) is 13.6 Å². The molecule has 1 N–H and O–H groups in total. The second-order valence-electron chi connectivity index (χ2n) is 11.3. The number of rotatable bonds is 9. The number of nitrogens with one attached hydrogen (secondary N) is 1. The lowest BCUT2D eigenvalue weighted by Crippen LogP contribution is -2.48. The number of halogens is 2. The van der Waals surface area contributed by atoms with Gasteiger partial charge in [-0.2, -0.15) is 8.78 Å². The van der Waals surface area contributed by atoms with Gasteiger partial charge in [-0.3, -0.25) is 4.79 Å². The van der Waals surface area contributed by atoms with Crippen molar-refractivity contribution in [2.24, 2.45) is 7.05 Å². The van der Waals surface area contributed by atoms with Crippen LogP contribution in [0.15, 0.2) is 42.7 Å². The number of hydrogen-bond donors (Lipinski definition) is 1. The Bertz CT molecular complexity index is 1400. The highest BCUT2D eigenvalue weighted by atomic mass is 19.3. The van der Waals surface area contributed by atoms with Crippen molar-refractivity contribution in [1.82, 2.24) is 20.1 Å². The van der Waals surface area contributed by atoms with Gasteiger partial charge in [-0.05, 0) is 74.4 Å². The van der Waals surface area contributed by atoms with Gasteiger partial charge in [0, 0.05) is 43.1 Å². The zero-order valence-corrected chi connectivity index (χ0v) is 22.4. The molecule has 2 aliphatic carbocycles. The molecule has 3 aliphatic rings. The lowest BCUT2D eigenvalue weighted by Gasteiger charge is -2.46. The summed E-state index contributed by atoms with van der Waals surface area (Å²) in [7, 11) is 3.63.